The van der Waals surface area contributed by atoms with Gasteiger partial charge in [0.15, 0.2) is 0 Å². The zero-order valence-electron chi connectivity index (χ0n) is 14.4. The van der Waals surface area contributed by atoms with E-state index < -0.39 is 16.7 Å². The number of rotatable bonds is 6. The Balaban J connectivity index is 1.71. The van der Waals surface area contributed by atoms with E-state index in [-0.39, 0.29) is 16.8 Å². The lowest BCUT2D eigenvalue weighted by Crippen LogP contribution is -2.21. The first-order valence-electron chi connectivity index (χ1n) is 8.06. The number of hydrogen-bond donors (Lipinski definition) is 2. The molecule has 8 nitrogen and oxygen atoms in total. The molecule has 2 aromatic carbocycles. The number of non-ortho nitro benzene ring substituents is 1. The molecule has 0 radical (unpaired) electrons. The van der Waals surface area contributed by atoms with E-state index in [1.54, 1.807) is 24.3 Å². The fraction of sp³-hybridized carbons (Fsp3) is 0. The summed E-state index contributed by atoms with van der Waals surface area (Å²) in [7, 11) is 0. The smallest absolute Gasteiger partial charge is 0.273 e. The van der Waals surface area contributed by atoms with Crippen molar-refractivity contribution < 1.29 is 14.5 Å². The maximum absolute atomic E-state index is 12.4. The SMILES string of the molecule is O=C(Nc1ccccc1C(=O)N/N=C/c1cccs1)c1ccc([N+](=O)[O-])cc1. The summed E-state index contributed by atoms with van der Waals surface area (Å²) in [5.41, 5.74) is 3.08. The van der Waals surface area contributed by atoms with Gasteiger partial charge >= 0.3 is 0 Å². The lowest BCUT2D eigenvalue weighted by molar-refractivity contribution is -0.384. The molecule has 1 aromatic heterocycles. The number of hydrazone groups is 1. The molecule has 0 fully saturated rings. The van der Waals surface area contributed by atoms with Crippen molar-refractivity contribution in [1.82, 2.24) is 5.43 Å². The first-order chi connectivity index (χ1) is 13.5. The molecule has 28 heavy (non-hydrogen) atoms. The fourth-order valence-electron chi connectivity index (χ4n) is 2.30. The molecule has 2 amide bonds. The summed E-state index contributed by atoms with van der Waals surface area (Å²) < 4.78 is 0. The van der Waals surface area contributed by atoms with Gasteiger partial charge in [-0.25, -0.2) is 5.43 Å². The van der Waals surface area contributed by atoms with E-state index >= 15 is 0 Å². The highest BCUT2D eigenvalue weighted by atomic mass is 32.1. The second kappa shape index (κ2) is 8.69. The highest BCUT2D eigenvalue weighted by molar-refractivity contribution is 7.11. The van der Waals surface area contributed by atoms with Crippen LogP contribution in [0, 0.1) is 10.1 Å². The quantitative estimate of drug-likeness (QED) is 0.377. The Hall–Kier alpha value is -3.85. The van der Waals surface area contributed by atoms with Gasteiger partial charge < -0.3 is 5.32 Å². The van der Waals surface area contributed by atoms with E-state index in [0.29, 0.717) is 5.69 Å². The molecule has 3 aromatic rings. The predicted molar refractivity (Wildman–Crippen MR) is 107 cm³/mol. The average Bonchev–Trinajstić information content (AvgIpc) is 3.22. The van der Waals surface area contributed by atoms with E-state index in [9.17, 15) is 19.7 Å². The van der Waals surface area contributed by atoms with Gasteiger partial charge in [0.25, 0.3) is 17.5 Å². The number of benzene rings is 2. The van der Waals surface area contributed by atoms with Crippen molar-refractivity contribution in [3.63, 3.8) is 0 Å². The number of hydrogen-bond acceptors (Lipinski definition) is 6. The largest absolute Gasteiger partial charge is 0.321 e. The Kier molecular flexibility index (Phi) is 5.87. The third kappa shape index (κ3) is 4.65. The topological polar surface area (TPSA) is 114 Å². The van der Waals surface area contributed by atoms with Crippen molar-refractivity contribution in [2.24, 2.45) is 5.10 Å². The summed E-state index contributed by atoms with van der Waals surface area (Å²) in [6, 6.07) is 15.4. The minimum absolute atomic E-state index is 0.111. The van der Waals surface area contributed by atoms with Gasteiger partial charge in [-0.2, -0.15) is 5.10 Å². The minimum atomic E-state index is -0.544. The minimum Gasteiger partial charge on any atom is -0.321 e. The number of amides is 2. The van der Waals surface area contributed by atoms with Crippen molar-refractivity contribution in [1.29, 1.82) is 0 Å². The van der Waals surface area contributed by atoms with Crippen LogP contribution in [-0.2, 0) is 0 Å². The van der Waals surface area contributed by atoms with Gasteiger partial charge in [0.1, 0.15) is 0 Å². The molecule has 0 aliphatic rings. The number of para-hydroxylation sites is 1. The summed E-state index contributed by atoms with van der Waals surface area (Å²) in [5, 5.41) is 19.1. The van der Waals surface area contributed by atoms with Crippen LogP contribution in [0.4, 0.5) is 11.4 Å². The Morgan fingerprint density at radius 3 is 2.43 bits per heavy atom. The van der Waals surface area contributed by atoms with Crippen molar-refractivity contribution in [2.75, 3.05) is 5.32 Å². The summed E-state index contributed by atoms with van der Waals surface area (Å²) in [6.07, 6.45) is 1.53. The number of nitro benzene ring substituents is 1. The molecule has 0 unspecified atom stereocenters. The van der Waals surface area contributed by atoms with Crippen LogP contribution in [0.3, 0.4) is 0 Å². The van der Waals surface area contributed by atoms with E-state index in [1.807, 2.05) is 17.5 Å². The lowest BCUT2D eigenvalue weighted by atomic mass is 10.1. The summed E-state index contributed by atoms with van der Waals surface area (Å²) >= 11 is 1.48. The molecule has 0 bridgehead atoms. The van der Waals surface area contributed by atoms with Crippen LogP contribution in [-0.4, -0.2) is 23.0 Å². The maximum Gasteiger partial charge on any atom is 0.273 e. The summed E-state index contributed by atoms with van der Waals surface area (Å²) in [4.78, 5) is 35.8. The first kappa shape index (κ1) is 18.9. The molecule has 0 atom stereocenters. The fourth-order valence-corrected chi connectivity index (χ4v) is 2.88. The molecular weight excluding hydrogens is 380 g/mol. The Morgan fingerprint density at radius 1 is 1.00 bits per heavy atom. The third-order valence-corrected chi connectivity index (χ3v) is 4.47. The molecule has 140 valence electrons. The molecule has 0 aliphatic carbocycles. The summed E-state index contributed by atoms with van der Waals surface area (Å²) in [6.45, 7) is 0. The predicted octanol–water partition coefficient (Wildman–Crippen LogP) is 3.67. The average molecular weight is 394 g/mol. The van der Waals surface area contributed by atoms with Crippen molar-refractivity contribution in [3.8, 4) is 0 Å². The van der Waals surface area contributed by atoms with E-state index in [4.69, 9.17) is 0 Å². The van der Waals surface area contributed by atoms with Crippen LogP contribution in [0.5, 0.6) is 0 Å². The second-order valence-electron chi connectivity index (χ2n) is 5.52. The number of nitro groups is 1. The van der Waals surface area contributed by atoms with Gasteiger partial charge in [-0.1, -0.05) is 18.2 Å². The number of nitrogens with one attached hydrogen (secondary N) is 2. The maximum atomic E-state index is 12.4. The highest BCUT2D eigenvalue weighted by Crippen LogP contribution is 2.18. The van der Waals surface area contributed by atoms with Crippen molar-refractivity contribution in [2.45, 2.75) is 0 Å². The van der Waals surface area contributed by atoms with Gasteiger partial charge in [0.05, 0.1) is 22.4 Å². The Bertz CT molecular complexity index is 1030. The molecule has 2 N–H and O–H groups in total. The van der Waals surface area contributed by atoms with Crippen LogP contribution in [0.15, 0.2) is 71.1 Å². The standard InChI is InChI=1S/C19H14N4O4S/c24-18(13-7-9-14(10-8-13)23(26)27)21-17-6-2-1-5-16(17)19(25)22-20-12-15-4-3-11-28-15/h1-12H,(H,21,24)(H,22,25)/b20-12+. The summed E-state index contributed by atoms with van der Waals surface area (Å²) in [5.74, 6) is -0.968. The number of thiophene rings is 1. The van der Waals surface area contributed by atoms with E-state index in [0.717, 1.165) is 4.88 Å². The molecule has 1 heterocycles. The van der Waals surface area contributed by atoms with Crippen LogP contribution in [0.1, 0.15) is 25.6 Å². The van der Waals surface area contributed by atoms with E-state index in [2.05, 4.69) is 15.8 Å². The first-order valence-corrected chi connectivity index (χ1v) is 8.94. The van der Waals surface area contributed by atoms with E-state index in [1.165, 1.54) is 41.8 Å². The molecule has 0 spiro atoms. The second-order valence-corrected chi connectivity index (χ2v) is 6.50. The molecule has 0 aliphatic heterocycles. The zero-order valence-corrected chi connectivity index (χ0v) is 15.2. The Labute approximate surface area is 163 Å². The van der Waals surface area contributed by atoms with Crippen molar-refractivity contribution in [3.05, 3.63) is 92.2 Å². The van der Waals surface area contributed by atoms with Crippen molar-refractivity contribution >= 4 is 40.7 Å². The van der Waals surface area contributed by atoms with Crippen LogP contribution < -0.4 is 10.7 Å². The molecule has 3 rings (SSSR count). The van der Waals surface area contributed by atoms with Crippen LogP contribution >= 0.6 is 11.3 Å². The monoisotopic (exact) mass is 394 g/mol. The zero-order chi connectivity index (χ0) is 19.9. The van der Waals surface area contributed by atoms with Crippen LogP contribution in [0.2, 0.25) is 0 Å². The van der Waals surface area contributed by atoms with Gasteiger partial charge in [0, 0.05) is 22.6 Å². The normalized spacial score (nSPS) is 10.6. The van der Waals surface area contributed by atoms with Gasteiger partial charge in [-0.05, 0) is 35.7 Å². The molecular formula is C19H14N4O4S. The highest BCUT2D eigenvalue weighted by Gasteiger charge is 2.14. The van der Waals surface area contributed by atoms with Gasteiger partial charge in [-0.3, -0.25) is 19.7 Å². The van der Waals surface area contributed by atoms with Gasteiger partial charge in [0.2, 0.25) is 0 Å². The van der Waals surface area contributed by atoms with Gasteiger partial charge in [-0.15, -0.1) is 11.3 Å². The Morgan fingerprint density at radius 2 is 1.75 bits per heavy atom. The number of nitrogens with zero attached hydrogens (tertiary/aromatic N) is 2. The lowest BCUT2D eigenvalue weighted by Gasteiger charge is -2.10. The molecule has 9 heteroatoms. The number of carbonyl (C=O) groups is 2. The number of carbonyl (C=O) groups excluding carboxylic acids is 2. The molecule has 0 saturated carbocycles. The number of anilines is 1. The molecule has 0 saturated heterocycles. The van der Waals surface area contributed by atoms with Crippen LogP contribution in [0.25, 0.3) is 0 Å². The third-order valence-electron chi connectivity index (χ3n) is 3.66.